The first-order chi connectivity index (χ1) is 9.13. The van der Waals surface area contributed by atoms with Crippen LogP contribution in [0.5, 0.6) is 28.7 Å². The van der Waals surface area contributed by atoms with Crippen molar-refractivity contribution in [1.29, 1.82) is 0 Å². The van der Waals surface area contributed by atoms with Gasteiger partial charge in [0.2, 0.25) is 0 Å². The van der Waals surface area contributed by atoms with Gasteiger partial charge in [0, 0.05) is 18.1 Å². The highest BCUT2D eigenvalue weighted by molar-refractivity contribution is 5.53. The van der Waals surface area contributed by atoms with Gasteiger partial charge in [-0.25, -0.2) is 0 Å². The average molecular weight is 258 g/mol. The zero-order chi connectivity index (χ0) is 13.4. The third-order valence-electron chi connectivity index (χ3n) is 3.05. The highest BCUT2D eigenvalue weighted by Crippen LogP contribution is 2.42. The van der Waals surface area contributed by atoms with Gasteiger partial charge in [-0.15, -0.1) is 0 Å². The standard InChI is InChI=1S/C15H14O4/c1-9-7-10-3-2-4-12(17)15(10)19-14-8-11(16)5-6-13(14)18-9/h2-6,8-9,16-17H,7H2,1H3/t9-/m1/s1. The molecule has 0 fully saturated rings. The summed E-state index contributed by atoms with van der Waals surface area (Å²) in [5, 5.41) is 19.5. The molecule has 19 heavy (non-hydrogen) atoms. The summed E-state index contributed by atoms with van der Waals surface area (Å²) in [6, 6.07) is 9.92. The van der Waals surface area contributed by atoms with Crippen molar-refractivity contribution >= 4 is 0 Å². The first-order valence-electron chi connectivity index (χ1n) is 6.12. The second-order valence-electron chi connectivity index (χ2n) is 4.63. The van der Waals surface area contributed by atoms with Crippen LogP contribution in [0.3, 0.4) is 0 Å². The van der Waals surface area contributed by atoms with Gasteiger partial charge in [-0.3, -0.25) is 0 Å². The molecule has 1 aliphatic heterocycles. The lowest BCUT2D eigenvalue weighted by atomic mass is 10.1. The monoisotopic (exact) mass is 258 g/mol. The fourth-order valence-electron chi connectivity index (χ4n) is 2.20. The topological polar surface area (TPSA) is 58.9 Å². The van der Waals surface area contributed by atoms with Crippen LogP contribution in [0.25, 0.3) is 0 Å². The first kappa shape index (κ1) is 11.7. The zero-order valence-corrected chi connectivity index (χ0v) is 10.5. The molecule has 98 valence electrons. The van der Waals surface area contributed by atoms with Crippen molar-refractivity contribution in [3.05, 3.63) is 42.0 Å². The van der Waals surface area contributed by atoms with Gasteiger partial charge < -0.3 is 19.7 Å². The average Bonchev–Trinajstić information content (AvgIpc) is 2.34. The number of fused-ring (bicyclic) bond motifs is 2. The number of hydrogen-bond donors (Lipinski definition) is 2. The highest BCUT2D eigenvalue weighted by Gasteiger charge is 2.20. The van der Waals surface area contributed by atoms with E-state index in [4.69, 9.17) is 9.47 Å². The molecule has 2 aromatic carbocycles. The van der Waals surface area contributed by atoms with E-state index in [1.807, 2.05) is 13.0 Å². The molecule has 2 N–H and O–H groups in total. The van der Waals surface area contributed by atoms with Gasteiger partial charge in [-0.2, -0.15) is 0 Å². The summed E-state index contributed by atoms with van der Waals surface area (Å²) in [4.78, 5) is 0. The van der Waals surface area contributed by atoms with Crippen LogP contribution in [-0.4, -0.2) is 16.3 Å². The quantitative estimate of drug-likeness (QED) is 0.761. The van der Waals surface area contributed by atoms with Gasteiger partial charge in [0.25, 0.3) is 0 Å². The molecule has 0 bridgehead atoms. The van der Waals surface area contributed by atoms with Crippen LogP contribution in [0.2, 0.25) is 0 Å². The van der Waals surface area contributed by atoms with Gasteiger partial charge in [0.1, 0.15) is 11.9 Å². The Hall–Kier alpha value is -2.36. The molecule has 4 nitrogen and oxygen atoms in total. The van der Waals surface area contributed by atoms with Gasteiger partial charge in [-0.05, 0) is 25.1 Å². The lowest BCUT2D eigenvalue weighted by Gasteiger charge is -2.23. The minimum absolute atomic E-state index is 0.0484. The molecule has 0 saturated carbocycles. The summed E-state index contributed by atoms with van der Waals surface area (Å²) < 4.78 is 11.5. The molecule has 0 saturated heterocycles. The third-order valence-corrected chi connectivity index (χ3v) is 3.05. The molecule has 1 aliphatic rings. The van der Waals surface area contributed by atoms with E-state index in [1.54, 1.807) is 24.3 Å². The van der Waals surface area contributed by atoms with E-state index in [2.05, 4.69) is 0 Å². The number of phenolic OH excluding ortho intramolecular Hbond substituents is 2. The molecule has 0 unspecified atom stereocenters. The molecule has 1 heterocycles. The summed E-state index contributed by atoms with van der Waals surface area (Å²) in [6.07, 6.45) is 0.595. The number of ether oxygens (including phenoxy) is 2. The smallest absolute Gasteiger partial charge is 0.173 e. The summed E-state index contributed by atoms with van der Waals surface area (Å²) in [5.74, 6) is 1.55. The minimum atomic E-state index is -0.0484. The number of rotatable bonds is 0. The highest BCUT2D eigenvalue weighted by atomic mass is 16.5. The third kappa shape index (κ3) is 2.17. The van der Waals surface area contributed by atoms with E-state index in [1.165, 1.54) is 6.07 Å². The molecule has 3 rings (SSSR count). The van der Waals surface area contributed by atoms with Gasteiger partial charge in [0.05, 0.1) is 0 Å². The van der Waals surface area contributed by atoms with E-state index in [0.717, 1.165) is 5.56 Å². The van der Waals surface area contributed by atoms with Crippen LogP contribution in [0.15, 0.2) is 36.4 Å². The van der Waals surface area contributed by atoms with Crippen LogP contribution in [0.4, 0.5) is 0 Å². The molecule has 1 atom stereocenters. The van der Waals surface area contributed by atoms with Crippen LogP contribution in [0.1, 0.15) is 12.5 Å². The van der Waals surface area contributed by atoms with Crippen LogP contribution < -0.4 is 9.47 Å². The van der Waals surface area contributed by atoms with Crippen molar-refractivity contribution in [3.63, 3.8) is 0 Å². The maximum atomic E-state index is 9.93. The second-order valence-corrected chi connectivity index (χ2v) is 4.63. The van der Waals surface area contributed by atoms with E-state index >= 15 is 0 Å². The van der Waals surface area contributed by atoms with Gasteiger partial charge >= 0.3 is 0 Å². The Morgan fingerprint density at radius 2 is 1.95 bits per heavy atom. The molecule has 0 radical (unpaired) electrons. The predicted octanol–water partition coefficient (Wildman–Crippen LogP) is 3.21. The number of phenols is 2. The SMILES string of the molecule is C[C@@H]1Cc2cccc(O)c2Oc2cc(O)ccc2O1. The van der Waals surface area contributed by atoms with Crippen LogP contribution in [0, 0.1) is 0 Å². The number of hydrogen-bond acceptors (Lipinski definition) is 4. The summed E-state index contributed by atoms with van der Waals surface area (Å²) >= 11 is 0. The largest absolute Gasteiger partial charge is 0.508 e. The summed E-state index contributed by atoms with van der Waals surface area (Å²) in [5.41, 5.74) is 0.876. The second kappa shape index (κ2) is 4.39. The fourth-order valence-corrected chi connectivity index (χ4v) is 2.20. The van der Waals surface area contributed by atoms with Crippen molar-refractivity contribution in [2.75, 3.05) is 0 Å². The normalized spacial score (nSPS) is 17.2. The van der Waals surface area contributed by atoms with E-state index in [0.29, 0.717) is 23.7 Å². The van der Waals surface area contributed by atoms with Crippen molar-refractivity contribution < 1.29 is 19.7 Å². The Morgan fingerprint density at radius 3 is 2.79 bits per heavy atom. The van der Waals surface area contributed by atoms with E-state index in [-0.39, 0.29) is 17.6 Å². The maximum Gasteiger partial charge on any atom is 0.173 e. The Kier molecular flexibility index (Phi) is 2.71. The fraction of sp³-hybridized carbons (Fsp3) is 0.200. The minimum Gasteiger partial charge on any atom is -0.508 e. The van der Waals surface area contributed by atoms with Gasteiger partial charge in [0.15, 0.2) is 23.0 Å². The zero-order valence-electron chi connectivity index (χ0n) is 10.5. The molecule has 0 aliphatic carbocycles. The van der Waals surface area contributed by atoms with E-state index < -0.39 is 0 Å². The number of benzene rings is 2. The van der Waals surface area contributed by atoms with Crippen LogP contribution in [-0.2, 0) is 6.42 Å². The number of para-hydroxylation sites is 1. The number of aromatic hydroxyl groups is 2. The van der Waals surface area contributed by atoms with Gasteiger partial charge in [-0.1, -0.05) is 12.1 Å². The van der Waals surface area contributed by atoms with Crippen molar-refractivity contribution in [3.8, 4) is 28.7 Å². The lowest BCUT2D eigenvalue weighted by molar-refractivity contribution is 0.205. The predicted molar refractivity (Wildman–Crippen MR) is 70.1 cm³/mol. The maximum absolute atomic E-state index is 9.93. The van der Waals surface area contributed by atoms with Crippen molar-refractivity contribution in [1.82, 2.24) is 0 Å². The molecular formula is C15H14O4. The Morgan fingerprint density at radius 1 is 1.11 bits per heavy atom. The molecule has 0 amide bonds. The first-order valence-corrected chi connectivity index (χ1v) is 6.12. The lowest BCUT2D eigenvalue weighted by Crippen LogP contribution is -2.17. The Balaban J connectivity index is 2.14. The summed E-state index contributed by atoms with van der Waals surface area (Å²) in [6.45, 7) is 1.95. The molecule has 0 aromatic heterocycles. The Labute approximate surface area is 110 Å². The molecule has 4 heteroatoms. The van der Waals surface area contributed by atoms with Crippen molar-refractivity contribution in [2.45, 2.75) is 19.4 Å². The Bertz CT molecular complexity index is 622. The summed E-state index contributed by atoms with van der Waals surface area (Å²) in [7, 11) is 0. The van der Waals surface area contributed by atoms with E-state index in [9.17, 15) is 10.2 Å². The molecular weight excluding hydrogens is 244 g/mol. The van der Waals surface area contributed by atoms with Crippen LogP contribution >= 0.6 is 0 Å². The van der Waals surface area contributed by atoms with Crippen molar-refractivity contribution in [2.24, 2.45) is 0 Å². The molecule has 0 spiro atoms. The molecule has 2 aromatic rings.